The van der Waals surface area contributed by atoms with Gasteiger partial charge in [-0.25, -0.2) is 4.57 Å². The van der Waals surface area contributed by atoms with Crippen LogP contribution < -0.4 is 21.7 Å². The number of para-hydroxylation sites is 2. The van der Waals surface area contributed by atoms with Crippen molar-refractivity contribution in [2.45, 2.75) is 47.1 Å². The molecule has 2 aromatic carbocycles. The third-order valence-corrected chi connectivity index (χ3v) is 4.77. The molecule has 1 heterocycles. The minimum Gasteiger partial charge on any atom is -1.00 e. The Bertz CT molecular complexity index is 863. The molecule has 0 fully saturated rings. The zero-order valence-electron chi connectivity index (χ0n) is 16.7. The lowest BCUT2D eigenvalue weighted by Crippen LogP contribution is -3.00. The zero-order valence-corrected chi connectivity index (χ0v) is 17.5. The van der Waals surface area contributed by atoms with Crippen LogP contribution in [0.5, 0.6) is 5.75 Å². The highest BCUT2D eigenvalue weighted by molar-refractivity contribution is 5.46. The molecule has 0 radical (unpaired) electrons. The van der Waals surface area contributed by atoms with Crippen LogP contribution in [-0.2, 0) is 6.54 Å². The molecule has 4 heteroatoms. The van der Waals surface area contributed by atoms with Crippen molar-refractivity contribution in [2.75, 3.05) is 6.61 Å². The standard InChI is InChI=1S/C23H29N2O.ClH/c1-5-6-13-26-23-10-8-7-9-22(23)25-12-11-24(17-25)16-21-19(3)14-18(2)15-20(21)4;/h7-12,14-15,17H,5-6,13,16H2,1-4H3;1H/q+1;/p-1. The van der Waals surface area contributed by atoms with Crippen LogP contribution in [0.15, 0.2) is 55.1 Å². The van der Waals surface area contributed by atoms with Crippen LogP contribution in [0.25, 0.3) is 5.69 Å². The molecular weight excluding hydrogens is 356 g/mol. The average molecular weight is 385 g/mol. The van der Waals surface area contributed by atoms with Crippen molar-refractivity contribution in [3.63, 3.8) is 0 Å². The van der Waals surface area contributed by atoms with Gasteiger partial charge in [-0.3, -0.25) is 0 Å². The maximum atomic E-state index is 5.98. The van der Waals surface area contributed by atoms with Gasteiger partial charge in [0.15, 0.2) is 11.4 Å². The Kier molecular flexibility index (Phi) is 7.49. The van der Waals surface area contributed by atoms with Crippen LogP contribution in [0.2, 0.25) is 0 Å². The SMILES string of the molecule is CCCCOc1ccccc1-n1cc[n+](Cc2c(C)cc(C)cc2C)c1.[Cl-]. The summed E-state index contributed by atoms with van der Waals surface area (Å²) in [4.78, 5) is 0. The fraction of sp³-hybridized carbons (Fsp3) is 0.348. The maximum Gasteiger partial charge on any atom is 0.249 e. The van der Waals surface area contributed by atoms with Crippen LogP contribution in [0.4, 0.5) is 0 Å². The molecule has 0 saturated heterocycles. The van der Waals surface area contributed by atoms with Crippen molar-refractivity contribution in [1.82, 2.24) is 4.57 Å². The van der Waals surface area contributed by atoms with E-state index in [4.69, 9.17) is 4.74 Å². The van der Waals surface area contributed by atoms with E-state index in [-0.39, 0.29) is 12.4 Å². The first kappa shape index (κ1) is 21.0. The molecule has 0 N–H and O–H groups in total. The van der Waals surface area contributed by atoms with Crippen molar-refractivity contribution in [3.05, 3.63) is 77.4 Å². The summed E-state index contributed by atoms with van der Waals surface area (Å²) in [5.74, 6) is 0.936. The summed E-state index contributed by atoms with van der Waals surface area (Å²) in [7, 11) is 0. The van der Waals surface area contributed by atoms with E-state index in [0.717, 1.165) is 37.4 Å². The van der Waals surface area contributed by atoms with Gasteiger partial charge in [-0.15, -0.1) is 0 Å². The molecule has 0 aliphatic carbocycles. The monoisotopic (exact) mass is 384 g/mol. The molecule has 0 aliphatic heterocycles. The minimum atomic E-state index is 0. The quantitative estimate of drug-likeness (QED) is 0.449. The molecule has 0 unspecified atom stereocenters. The molecule has 0 saturated carbocycles. The first-order valence-electron chi connectivity index (χ1n) is 9.44. The van der Waals surface area contributed by atoms with Gasteiger partial charge >= 0.3 is 0 Å². The van der Waals surface area contributed by atoms with Gasteiger partial charge in [0.2, 0.25) is 6.33 Å². The van der Waals surface area contributed by atoms with E-state index in [2.05, 4.69) is 79.8 Å². The van der Waals surface area contributed by atoms with Gasteiger partial charge in [0, 0.05) is 0 Å². The average Bonchev–Trinajstić information content (AvgIpc) is 3.07. The summed E-state index contributed by atoms with van der Waals surface area (Å²) >= 11 is 0. The van der Waals surface area contributed by atoms with Crippen molar-refractivity contribution in [1.29, 1.82) is 0 Å². The van der Waals surface area contributed by atoms with E-state index in [9.17, 15) is 0 Å². The number of aryl methyl sites for hydroxylation is 3. The lowest BCUT2D eigenvalue weighted by atomic mass is 10.00. The van der Waals surface area contributed by atoms with Crippen molar-refractivity contribution in [3.8, 4) is 11.4 Å². The Hall–Kier alpha value is -2.26. The van der Waals surface area contributed by atoms with Crippen molar-refractivity contribution in [2.24, 2.45) is 0 Å². The third kappa shape index (κ3) is 5.14. The summed E-state index contributed by atoms with van der Waals surface area (Å²) in [6.45, 7) is 10.4. The normalized spacial score (nSPS) is 10.5. The number of rotatable bonds is 7. The van der Waals surface area contributed by atoms with Crippen LogP contribution in [-0.4, -0.2) is 11.2 Å². The largest absolute Gasteiger partial charge is 1.00 e. The molecule has 1 aromatic heterocycles. The van der Waals surface area contributed by atoms with Gasteiger partial charge in [0.05, 0.1) is 6.61 Å². The number of ether oxygens (including phenoxy) is 1. The molecule has 3 nitrogen and oxygen atoms in total. The number of aromatic nitrogens is 2. The first-order valence-corrected chi connectivity index (χ1v) is 9.44. The molecule has 0 spiro atoms. The lowest BCUT2D eigenvalue weighted by molar-refractivity contribution is -0.687. The Morgan fingerprint density at radius 1 is 1.04 bits per heavy atom. The fourth-order valence-electron chi connectivity index (χ4n) is 3.39. The van der Waals surface area contributed by atoms with Gasteiger partial charge < -0.3 is 17.1 Å². The molecule has 0 amide bonds. The van der Waals surface area contributed by atoms with E-state index in [0.29, 0.717) is 0 Å². The van der Waals surface area contributed by atoms with Crippen molar-refractivity contribution < 1.29 is 21.7 Å². The van der Waals surface area contributed by atoms with Crippen LogP contribution in [0.1, 0.15) is 42.0 Å². The predicted octanol–water partition coefficient (Wildman–Crippen LogP) is 1.92. The molecule has 3 aromatic rings. The lowest BCUT2D eigenvalue weighted by Gasteiger charge is -2.09. The van der Waals surface area contributed by atoms with E-state index >= 15 is 0 Å². The first-order chi connectivity index (χ1) is 12.6. The van der Waals surface area contributed by atoms with Crippen molar-refractivity contribution >= 4 is 0 Å². The van der Waals surface area contributed by atoms with Gasteiger partial charge in [-0.05, 0) is 56.0 Å². The summed E-state index contributed by atoms with van der Waals surface area (Å²) in [5, 5.41) is 0. The molecule has 0 bridgehead atoms. The highest BCUT2D eigenvalue weighted by atomic mass is 35.5. The fourth-order valence-corrected chi connectivity index (χ4v) is 3.39. The maximum absolute atomic E-state index is 5.98. The Morgan fingerprint density at radius 2 is 1.74 bits per heavy atom. The van der Waals surface area contributed by atoms with E-state index in [1.54, 1.807) is 0 Å². The number of hydrogen-bond donors (Lipinski definition) is 0. The smallest absolute Gasteiger partial charge is 0.249 e. The van der Waals surface area contributed by atoms with Gasteiger partial charge in [0.25, 0.3) is 0 Å². The highest BCUT2D eigenvalue weighted by Gasteiger charge is 2.14. The second-order valence-corrected chi connectivity index (χ2v) is 7.04. The highest BCUT2D eigenvalue weighted by Crippen LogP contribution is 2.22. The molecule has 144 valence electrons. The molecule has 0 atom stereocenters. The minimum absolute atomic E-state index is 0. The number of benzene rings is 2. The van der Waals surface area contributed by atoms with E-state index in [1.807, 2.05) is 12.1 Å². The second kappa shape index (κ2) is 9.61. The number of unbranched alkanes of at least 4 members (excludes halogenated alkanes) is 1. The number of hydrogen-bond acceptors (Lipinski definition) is 1. The van der Waals surface area contributed by atoms with E-state index < -0.39 is 0 Å². The molecule has 27 heavy (non-hydrogen) atoms. The summed E-state index contributed by atoms with van der Waals surface area (Å²) in [5.41, 5.74) is 6.51. The predicted molar refractivity (Wildman–Crippen MR) is 106 cm³/mol. The van der Waals surface area contributed by atoms with Crippen LogP contribution in [0.3, 0.4) is 0 Å². The second-order valence-electron chi connectivity index (χ2n) is 7.04. The van der Waals surface area contributed by atoms with Gasteiger partial charge in [0.1, 0.15) is 18.9 Å². The Balaban J connectivity index is 0.00000261. The molecular formula is C23H29ClN2O. The number of nitrogens with zero attached hydrogens (tertiary/aromatic N) is 2. The Morgan fingerprint density at radius 3 is 2.44 bits per heavy atom. The van der Waals surface area contributed by atoms with Gasteiger partial charge in [-0.1, -0.05) is 43.2 Å². The summed E-state index contributed by atoms with van der Waals surface area (Å²) in [6, 6.07) is 12.8. The topological polar surface area (TPSA) is 18.0 Å². The molecule has 0 aliphatic rings. The van der Waals surface area contributed by atoms with Crippen LogP contribution >= 0.6 is 0 Å². The van der Waals surface area contributed by atoms with E-state index in [1.165, 1.54) is 22.3 Å². The number of halogens is 1. The third-order valence-electron chi connectivity index (χ3n) is 4.77. The van der Waals surface area contributed by atoms with Gasteiger partial charge in [-0.2, -0.15) is 4.57 Å². The molecule has 3 rings (SSSR count). The summed E-state index contributed by atoms with van der Waals surface area (Å²) < 4.78 is 10.3. The zero-order chi connectivity index (χ0) is 18.5. The van der Waals surface area contributed by atoms with Crippen LogP contribution in [0, 0.1) is 20.8 Å². The summed E-state index contributed by atoms with van der Waals surface area (Å²) in [6.07, 6.45) is 8.58. The Labute approximate surface area is 169 Å². The number of imidazole rings is 1.